The maximum absolute atomic E-state index is 12.4. The van der Waals surface area contributed by atoms with E-state index in [2.05, 4.69) is 24.5 Å². The largest absolute Gasteiger partial charge is 0.465 e. The number of rotatable bonds is 8. The van der Waals surface area contributed by atoms with Gasteiger partial charge in [0.2, 0.25) is 5.91 Å². The van der Waals surface area contributed by atoms with Crippen LogP contribution in [0, 0.1) is 0 Å². The first-order valence-corrected chi connectivity index (χ1v) is 9.40. The van der Waals surface area contributed by atoms with Crippen LogP contribution in [0.4, 0.5) is 11.4 Å². The number of hydrogen-bond donors (Lipinski definition) is 2. The molecule has 0 unspecified atom stereocenters. The Labute approximate surface area is 165 Å². The molecule has 2 aromatic carbocycles. The second-order valence-corrected chi connectivity index (χ2v) is 6.48. The molecule has 0 spiro atoms. The zero-order valence-corrected chi connectivity index (χ0v) is 16.7. The van der Waals surface area contributed by atoms with Crippen LogP contribution in [0.5, 0.6) is 0 Å². The molecule has 6 heteroatoms. The molecule has 0 aliphatic carbocycles. The van der Waals surface area contributed by atoms with Gasteiger partial charge in [0.05, 0.1) is 23.4 Å². The predicted octanol–water partition coefficient (Wildman–Crippen LogP) is 4.69. The number of nitrogens with one attached hydrogen (secondary N) is 2. The van der Waals surface area contributed by atoms with E-state index < -0.39 is 5.97 Å². The van der Waals surface area contributed by atoms with Gasteiger partial charge in [-0.15, -0.1) is 0 Å². The van der Waals surface area contributed by atoms with Gasteiger partial charge in [-0.3, -0.25) is 4.79 Å². The number of amides is 1. The van der Waals surface area contributed by atoms with Crippen LogP contribution in [0.2, 0.25) is 5.02 Å². The lowest BCUT2D eigenvalue weighted by molar-refractivity contribution is -0.116. The van der Waals surface area contributed by atoms with Crippen molar-refractivity contribution in [1.29, 1.82) is 0 Å². The number of ether oxygens (including phenoxy) is 1. The van der Waals surface area contributed by atoms with Crippen LogP contribution in [-0.4, -0.2) is 25.5 Å². The van der Waals surface area contributed by atoms with E-state index >= 15 is 0 Å². The summed E-state index contributed by atoms with van der Waals surface area (Å²) in [5.74, 6) is -0.505. The van der Waals surface area contributed by atoms with Crippen LogP contribution in [0.25, 0.3) is 0 Å². The normalized spacial score (nSPS) is 10.4. The quantitative estimate of drug-likeness (QED) is 0.643. The average molecular weight is 389 g/mol. The maximum atomic E-state index is 12.4. The average Bonchev–Trinajstić information content (AvgIpc) is 2.68. The van der Waals surface area contributed by atoms with Crippen LogP contribution in [0.1, 0.15) is 41.8 Å². The van der Waals surface area contributed by atoms with Gasteiger partial charge in [0.1, 0.15) is 0 Å². The minimum Gasteiger partial charge on any atom is -0.465 e. The number of halogens is 1. The van der Waals surface area contributed by atoms with Crippen LogP contribution in [0.15, 0.2) is 36.4 Å². The van der Waals surface area contributed by atoms with Gasteiger partial charge in [0.25, 0.3) is 0 Å². The minimum atomic E-state index is -0.435. The lowest BCUT2D eigenvalue weighted by atomic mass is 10.0. The molecular formula is C21H25ClN2O3. The van der Waals surface area contributed by atoms with Crippen molar-refractivity contribution in [1.82, 2.24) is 0 Å². The van der Waals surface area contributed by atoms with Crippen molar-refractivity contribution in [3.63, 3.8) is 0 Å². The summed E-state index contributed by atoms with van der Waals surface area (Å²) in [5, 5.41) is 6.62. The van der Waals surface area contributed by atoms with Gasteiger partial charge >= 0.3 is 5.97 Å². The molecule has 2 rings (SSSR count). The van der Waals surface area contributed by atoms with Crippen LogP contribution in [-0.2, 0) is 22.4 Å². The molecule has 0 atom stereocenters. The molecule has 0 fully saturated rings. The van der Waals surface area contributed by atoms with Gasteiger partial charge in [-0.2, -0.15) is 0 Å². The summed E-state index contributed by atoms with van der Waals surface area (Å²) in [6.07, 6.45) is 2.00. The number of para-hydroxylation sites is 1. The molecular weight excluding hydrogens is 364 g/mol. The van der Waals surface area contributed by atoms with Gasteiger partial charge in [-0.25, -0.2) is 4.79 Å². The fraction of sp³-hybridized carbons (Fsp3) is 0.333. The Morgan fingerprint density at radius 3 is 2.33 bits per heavy atom. The van der Waals surface area contributed by atoms with Crippen molar-refractivity contribution in [2.24, 2.45) is 0 Å². The van der Waals surface area contributed by atoms with E-state index in [0.717, 1.165) is 29.7 Å². The molecule has 0 radical (unpaired) electrons. The maximum Gasteiger partial charge on any atom is 0.337 e. The zero-order valence-electron chi connectivity index (χ0n) is 15.9. The van der Waals surface area contributed by atoms with E-state index in [-0.39, 0.29) is 12.3 Å². The molecule has 0 saturated carbocycles. The Morgan fingerprint density at radius 1 is 1.07 bits per heavy atom. The highest BCUT2D eigenvalue weighted by Crippen LogP contribution is 2.24. The number of esters is 1. The fourth-order valence-electron chi connectivity index (χ4n) is 2.82. The Balaban J connectivity index is 1.99. The third-order valence-electron chi connectivity index (χ3n) is 4.32. The standard InChI is InChI=1S/C21H25ClN2O3/c1-4-14-7-6-8-15(5-2)20(14)24-19(25)11-12-23-18-13-16(21(26)27-3)9-10-17(18)22/h6-10,13,23H,4-5,11-12H2,1-3H3,(H,24,25). The molecule has 0 bridgehead atoms. The highest BCUT2D eigenvalue weighted by Gasteiger charge is 2.11. The summed E-state index contributed by atoms with van der Waals surface area (Å²) in [7, 11) is 1.33. The van der Waals surface area contributed by atoms with E-state index in [0.29, 0.717) is 22.8 Å². The lowest BCUT2D eigenvalue weighted by Gasteiger charge is -2.15. The summed E-state index contributed by atoms with van der Waals surface area (Å²) in [4.78, 5) is 24.0. The van der Waals surface area contributed by atoms with Crippen molar-refractivity contribution >= 4 is 34.9 Å². The Morgan fingerprint density at radius 2 is 1.74 bits per heavy atom. The monoisotopic (exact) mass is 388 g/mol. The van der Waals surface area contributed by atoms with Crippen molar-refractivity contribution < 1.29 is 14.3 Å². The molecule has 2 N–H and O–H groups in total. The van der Waals surface area contributed by atoms with Gasteiger partial charge in [0, 0.05) is 18.7 Å². The minimum absolute atomic E-state index is 0.0710. The second-order valence-electron chi connectivity index (χ2n) is 6.07. The van der Waals surface area contributed by atoms with E-state index in [1.807, 2.05) is 18.2 Å². The molecule has 5 nitrogen and oxygen atoms in total. The number of hydrogen-bond acceptors (Lipinski definition) is 4. The highest BCUT2D eigenvalue weighted by atomic mass is 35.5. The third kappa shape index (κ3) is 5.47. The molecule has 2 aromatic rings. The Bertz CT molecular complexity index is 799. The molecule has 0 saturated heterocycles. The second kappa shape index (κ2) is 9.97. The first-order valence-electron chi connectivity index (χ1n) is 9.02. The fourth-order valence-corrected chi connectivity index (χ4v) is 3.01. The number of benzene rings is 2. The smallest absolute Gasteiger partial charge is 0.337 e. The van der Waals surface area contributed by atoms with Gasteiger partial charge < -0.3 is 15.4 Å². The number of carbonyl (C=O) groups is 2. The topological polar surface area (TPSA) is 67.4 Å². The van der Waals surface area contributed by atoms with E-state index in [1.165, 1.54) is 7.11 Å². The van der Waals surface area contributed by atoms with Crippen LogP contribution < -0.4 is 10.6 Å². The van der Waals surface area contributed by atoms with Gasteiger partial charge in [0.15, 0.2) is 0 Å². The lowest BCUT2D eigenvalue weighted by Crippen LogP contribution is -2.18. The van der Waals surface area contributed by atoms with Gasteiger partial charge in [-0.05, 0) is 42.2 Å². The summed E-state index contributed by atoms with van der Waals surface area (Å²) in [6.45, 7) is 4.54. The summed E-state index contributed by atoms with van der Waals surface area (Å²) in [5.41, 5.74) is 4.17. The van der Waals surface area contributed by atoms with Crippen molar-refractivity contribution in [3.05, 3.63) is 58.1 Å². The van der Waals surface area contributed by atoms with E-state index in [1.54, 1.807) is 18.2 Å². The summed E-state index contributed by atoms with van der Waals surface area (Å²) >= 11 is 6.15. The molecule has 0 aliphatic rings. The molecule has 0 aromatic heterocycles. The van der Waals surface area contributed by atoms with Crippen LogP contribution >= 0.6 is 11.6 Å². The van der Waals surface area contributed by atoms with Crippen LogP contribution in [0.3, 0.4) is 0 Å². The Hall–Kier alpha value is -2.53. The van der Waals surface area contributed by atoms with E-state index in [9.17, 15) is 9.59 Å². The third-order valence-corrected chi connectivity index (χ3v) is 4.65. The molecule has 1 amide bonds. The predicted molar refractivity (Wildman–Crippen MR) is 110 cm³/mol. The van der Waals surface area contributed by atoms with Crippen molar-refractivity contribution in [2.75, 3.05) is 24.3 Å². The van der Waals surface area contributed by atoms with Crippen molar-refractivity contribution in [3.8, 4) is 0 Å². The molecule has 0 heterocycles. The number of anilines is 2. The summed E-state index contributed by atoms with van der Waals surface area (Å²) in [6, 6.07) is 10.9. The Kier molecular flexibility index (Phi) is 7.67. The van der Waals surface area contributed by atoms with Crippen molar-refractivity contribution in [2.45, 2.75) is 33.1 Å². The first-order chi connectivity index (χ1) is 13.0. The van der Waals surface area contributed by atoms with E-state index in [4.69, 9.17) is 16.3 Å². The first kappa shape index (κ1) is 20.8. The SMILES string of the molecule is CCc1cccc(CC)c1NC(=O)CCNc1cc(C(=O)OC)ccc1Cl. The molecule has 0 aliphatic heterocycles. The number of aryl methyl sites for hydroxylation is 2. The zero-order chi connectivity index (χ0) is 19.8. The molecule has 27 heavy (non-hydrogen) atoms. The summed E-state index contributed by atoms with van der Waals surface area (Å²) < 4.78 is 4.71. The van der Waals surface area contributed by atoms with Gasteiger partial charge in [-0.1, -0.05) is 43.6 Å². The number of carbonyl (C=O) groups excluding carboxylic acids is 2. The number of methoxy groups -OCH3 is 1. The molecule has 144 valence electrons. The highest BCUT2D eigenvalue weighted by molar-refractivity contribution is 6.33.